The van der Waals surface area contributed by atoms with E-state index >= 15 is 0 Å². The minimum atomic E-state index is -4.37. The van der Waals surface area contributed by atoms with E-state index in [2.05, 4.69) is 12.2 Å². The predicted octanol–water partition coefficient (Wildman–Crippen LogP) is 3.86. The van der Waals surface area contributed by atoms with Gasteiger partial charge in [0.1, 0.15) is 12.4 Å². The van der Waals surface area contributed by atoms with Gasteiger partial charge in [0.2, 0.25) is 0 Å². The molecule has 0 spiro atoms. The summed E-state index contributed by atoms with van der Waals surface area (Å²) in [6, 6.07) is 5.28. The number of nitrogens with one attached hydrogen (secondary N) is 1. The van der Waals surface area contributed by atoms with Crippen LogP contribution in [0.2, 0.25) is 0 Å². The van der Waals surface area contributed by atoms with Gasteiger partial charge >= 0.3 is 6.18 Å². The average molecular weight is 275 g/mol. The van der Waals surface area contributed by atoms with Crippen LogP contribution in [0.15, 0.2) is 24.3 Å². The first-order chi connectivity index (χ1) is 9.05. The van der Waals surface area contributed by atoms with E-state index in [1.807, 2.05) is 0 Å². The highest BCUT2D eigenvalue weighted by molar-refractivity contribution is 5.35. The number of hydrogen-bond donors (Lipinski definition) is 1. The molecule has 1 aromatic carbocycles. The molecule has 0 aromatic heterocycles. The van der Waals surface area contributed by atoms with E-state index in [0.717, 1.165) is 31.9 Å². The Morgan fingerprint density at radius 1 is 1.11 bits per heavy atom. The van der Waals surface area contributed by atoms with Crippen molar-refractivity contribution in [3.8, 4) is 5.75 Å². The minimum absolute atomic E-state index is 0.106. The standard InChI is InChI=1S/C14H20F3NO/c1-2-3-6-9-18-10-11-19-13-8-5-4-7-12(13)14(15,16)17/h4-5,7-8,18H,2-3,6,9-11H2,1H3. The van der Waals surface area contributed by atoms with Crippen molar-refractivity contribution in [3.05, 3.63) is 29.8 Å². The first-order valence-electron chi connectivity index (χ1n) is 6.55. The lowest BCUT2D eigenvalue weighted by Gasteiger charge is -2.13. The smallest absolute Gasteiger partial charge is 0.419 e. The Morgan fingerprint density at radius 3 is 2.53 bits per heavy atom. The SMILES string of the molecule is CCCCCNCCOc1ccccc1C(F)(F)F. The van der Waals surface area contributed by atoms with Gasteiger partial charge in [0.15, 0.2) is 0 Å². The molecule has 0 aliphatic rings. The molecule has 2 nitrogen and oxygen atoms in total. The Labute approximate surface area is 112 Å². The fourth-order valence-electron chi connectivity index (χ4n) is 1.68. The van der Waals surface area contributed by atoms with Gasteiger partial charge in [-0.05, 0) is 25.1 Å². The lowest BCUT2D eigenvalue weighted by atomic mass is 10.2. The van der Waals surface area contributed by atoms with Crippen LogP contribution in [0, 0.1) is 0 Å². The normalized spacial score (nSPS) is 11.6. The number of benzene rings is 1. The summed E-state index contributed by atoms with van der Waals surface area (Å²) in [7, 11) is 0. The summed E-state index contributed by atoms with van der Waals surface area (Å²) in [6.07, 6.45) is -0.983. The molecule has 0 amide bonds. The van der Waals surface area contributed by atoms with E-state index in [4.69, 9.17) is 4.74 Å². The van der Waals surface area contributed by atoms with Gasteiger partial charge in [-0.3, -0.25) is 0 Å². The molecule has 0 bridgehead atoms. The van der Waals surface area contributed by atoms with E-state index in [1.54, 1.807) is 6.07 Å². The van der Waals surface area contributed by atoms with E-state index in [9.17, 15) is 13.2 Å². The molecular weight excluding hydrogens is 255 g/mol. The summed E-state index contributed by atoms with van der Waals surface area (Å²) >= 11 is 0. The van der Waals surface area contributed by atoms with Gasteiger partial charge in [-0.25, -0.2) is 0 Å². The maximum absolute atomic E-state index is 12.7. The second-order valence-corrected chi connectivity index (χ2v) is 4.30. The number of ether oxygens (including phenoxy) is 1. The highest BCUT2D eigenvalue weighted by atomic mass is 19.4. The van der Waals surface area contributed by atoms with Crippen LogP contribution in [-0.2, 0) is 6.18 Å². The van der Waals surface area contributed by atoms with Crippen LogP contribution in [0.25, 0.3) is 0 Å². The molecule has 1 aromatic rings. The van der Waals surface area contributed by atoms with Crippen LogP contribution >= 0.6 is 0 Å². The monoisotopic (exact) mass is 275 g/mol. The summed E-state index contributed by atoms with van der Waals surface area (Å²) in [5.74, 6) is -0.106. The molecule has 0 fully saturated rings. The number of rotatable bonds is 8. The molecule has 19 heavy (non-hydrogen) atoms. The number of unbranched alkanes of at least 4 members (excludes halogenated alkanes) is 2. The Hall–Kier alpha value is -1.23. The van der Waals surface area contributed by atoms with Crippen LogP contribution in [0.3, 0.4) is 0 Å². The molecule has 0 heterocycles. The molecule has 0 saturated carbocycles. The van der Waals surface area contributed by atoms with Crippen LogP contribution < -0.4 is 10.1 Å². The molecule has 0 saturated heterocycles. The van der Waals surface area contributed by atoms with Gasteiger partial charge < -0.3 is 10.1 Å². The van der Waals surface area contributed by atoms with Crippen molar-refractivity contribution >= 4 is 0 Å². The van der Waals surface area contributed by atoms with Crippen LogP contribution in [-0.4, -0.2) is 19.7 Å². The van der Waals surface area contributed by atoms with Crippen molar-refractivity contribution in [3.63, 3.8) is 0 Å². The van der Waals surface area contributed by atoms with Crippen molar-refractivity contribution in [2.75, 3.05) is 19.7 Å². The van der Waals surface area contributed by atoms with Crippen LogP contribution in [0.1, 0.15) is 31.7 Å². The van der Waals surface area contributed by atoms with E-state index in [1.165, 1.54) is 12.1 Å². The van der Waals surface area contributed by atoms with E-state index < -0.39 is 11.7 Å². The van der Waals surface area contributed by atoms with Crippen molar-refractivity contribution in [1.29, 1.82) is 0 Å². The summed E-state index contributed by atoms with van der Waals surface area (Å²) < 4.78 is 43.2. The predicted molar refractivity (Wildman–Crippen MR) is 69.3 cm³/mol. The lowest BCUT2D eigenvalue weighted by molar-refractivity contribution is -0.138. The van der Waals surface area contributed by atoms with Gasteiger partial charge in [-0.15, -0.1) is 0 Å². The van der Waals surface area contributed by atoms with Gasteiger partial charge in [0.25, 0.3) is 0 Å². The zero-order valence-corrected chi connectivity index (χ0v) is 11.1. The maximum atomic E-state index is 12.7. The number of alkyl halides is 3. The van der Waals surface area contributed by atoms with Crippen LogP contribution in [0.5, 0.6) is 5.75 Å². The molecule has 1 N–H and O–H groups in total. The Bertz CT molecular complexity index is 366. The summed E-state index contributed by atoms with van der Waals surface area (Å²) in [4.78, 5) is 0. The fraction of sp³-hybridized carbons (Fsp3) is 0.571. The third kappa shape index (κ3) is 5.96. The molecular formula is C14H20F3NO. The largest absolute Gasteiger partial charge is 0.492 e. The molecule has 108 valence electrons. The highest BCUT2D eigenvalue weighted by Crippen LogP contribution is 2.35. The molecule has 1 rings (SSSR count). The van der Waals surface area contributed by atoms with Crippen molar-refractivity contribution < 1.29 is 17.9 Å². The molecule has 0 radical (unpaired) electrons. The fourth-order valence-corrected chi connectivity index (χ4v) is 1.68. The zero-order valence-electron chi connectivity index (χ0n) is 11.1. The van der Waals surface area contributed by atoms with Crippen LogP contribution in [0.4, 0.5) is 13.2 Å². The quantitative estimate of drug-likeness (QED) is 0.727. The van der Waals surface area contributed by atoms with Crippen molar-refractivity contribution in [1.82, 2.24) is 5.32 Å². The Balaban J connectivity index is 2.33. The molecule has 0 aliphatic carbocycles. The first kappa shape index (κ1) is 15.8. The second kappa shape index (κ2) is 8.04. The topological polar surface area (TPSA) is 21.3 Å². The van der Waals surface area contributed by atoms with Gasteiger partial charge in [0.05, 0.1) is 5.56 Å². The van der Waals surface area contributed by atoms with E-state index in [0.29, 0.717) is 6.54 Å². The minimum Gasteiger partial charge on any atom is -0.492 e. The number of hydrogen-bond acceptors (Lipinski definition) is 2. The van der Waals surface area contributed by atoms with Gasteiger partial charge in [-0.1, -0.05) is 31.9 Å². The van der Waals surface area contributed by atoms with Crippen molar-refractivity contribution in [2.24, 2.45) is 0 Å². The summed E-state index contributed by atoms with van der Waals surface area (Å²) in [6.45, 7) is 3.78. The van der Waals surface area contributed by atoms with E-state index in [-0.39, 0.29) is 12.4 Å². The highest BCUT2D eigenvalue weighted by Gasteiger charge is 2.33. The Kier molecular flexibility index (Phi) is 6.70. The van der Waals surface area contributed by atoms with Gasteiger partial charge in [-0.2, -0.15) is 13.2 Å². The second-order valence-electron chi connectivity index (χ2n) is 4.30. The summed E-state index contributed by atoms with van der Waals surface area (Å²) in [5.41, 5.74) is -0.721. The molecule has 0 aliphatic heterocycles. The zero-order chi connectivity index (χ0) is 14.1. The first-order valence-corrected chi connectivity index (χ1v) is 6.55. The lowest BCUT2D eigenvalue weighted by Crippen LogP contribution is -2.22. The molecule has 5 heteroatoms. The maximum Gasteiger partial charge on any atom is 0.419 e. The third-order valence-electron chi connectivity index (χ3n) is 2.69. The van der Waals surface area contributed by atoms with Crippen molar-refractivity contribution in [2.45, 2.75) is 32.4 Å². The van der Waals surface area contributed by atoms with Gasteiger partial charge in [0, 0.05) is 6.54 Å². The molecule has 0 unspecified atom stereocenters. The summed E-state index contributed by atoms with van der Waals surface area (Å²) in [5, 5.41) is 3.14. The molecule has 0 atom stereocenters. The third-order valence-corrected chi connectivity index (χ3v) is 2.69. The number of halogens is 3. The Morgan fingerprint density at radius 2 is 1.84 bits per heavy atom. The average Bonchev–Trinajstić information content (AvgIpc) is 2.37. The number of para-hydroxylation sites is 1.